The van der Waals surface area contributed by atoms with Crippen LogP contribution >= 0.6 is 0 Å². The second-order valence-corrected chi connectivity index (χ2v) is 4.73. The zero-order valence-electron chi connectivity index (χ0n) is 10.6. The normalized spacial score (nSPS) is 25.1. The van der Waals surface area contributed by atoms with E-state index in [-0.39, 0.29) is 23.8 Å². The molecule has 1 aromatic carbocycles. The molecule has 4 heteroatoms. The lowest BCUT2D eigenvalue weighted by Gasteiger charge is -2.33. The summed E-state index contributed by atoms with van der Waals surface area (Å²) < 4.78 is 13.0. The zero-order chi connectivity index (χ0) is 13.1. The van der Waals surface area contributed by atoms with Crippen LogP contribution in [0.4, 0.5) is 4.39 Å². The van der Waals surface area contributed by atoms with Gasteiger partial charge in [0.1, 0.15) is 5.82 Å². The van der Waals surface area contributed by atoms with Crippen molar-refractivity contribution < 1.29 is 9.18 Å². The number of carbonyl (C=O) groups excluding carboxylic acids is 1. The lowest BCUT2D eigenvalue weighted by atomic mass is 9.96. The molecule has 2 unspecified atom stereocenters. The molecule has 3 nitrogen and oxygen atoms in total. The van der Waals surface area contributed by atoms with Crippen LogP contribution in [0.15, 0.2) is 24.3 Å². The van der Waals surface area contributed by atoms with Gasteiger partial charge in [-0.25, -0.2) is 4.39 Å². The molecule has 98 valence electrons. The predicted molar refractivity (Wildman–Crippen MR) is 68.4 cm³/mol. The molecule has 0 aliphatic carbocycles. The summed E-state index contributed by atoms with van der Waals surface area (Å²) in [6.45, 7) is 2.58. The first-order valence-corrected chi connectivity index (χ1v) is 6.44. The fourth-order valence-corrected chi connectivity index (χ4v) is 2.64. The van der Waals surface area contributed by atoms with Gasteiger partial charge >= 0.3 is 0 Å². The summed E-state index contributed by atoms with van der Waals surface area (Å²) in [6.07, 6.45) is 2.21. The standard InChI is InChI=1S/C14H19FN2O/c1-2-17-13(18)5-3-4-12(16)14(17)10-6-8-11(15)9-7-10/h6-9,12,14H,2-5,16H2,1H3. The van der Waals surface area contributed by atoms with E-state index in [0.717, 1.165) is 18.4 Å². The molecule has 1 aliphatic rings. The predicted octanol–water partition coefficient (Wildman–Crippen LogP) is 2.23. The molecule has 1 aliphatic heterocycles. The van der Waals surface area contributed by atoms with Crippen LogP contribution in [0.3, 0.4) is 0 Å². The second-order valence-electron chi connectivity index (χ2n) is 4.73. The van der Waals surface area contributed by atoms with Crippen molar-refractivity contribution in [3.63, 3.8) is 0 Å². The van der Waals surface area contributed by atoms with Crippen LogP contribution in [0.5, 0.6) is 0 Å². The molecule has 0 spiro atoms. The van der Waals surface area contributed by atoms with Crippen molar-refractivity contribution in [1.82, 2.24) is 4.90 Å². The van der Waals surface area contributed by atoms with Crippen molar-refractivity contribution in [2.45, 2.75) is 38.3 Å². The van der Waals surface area contributed by atoms with Crippen molar-refractivity contribution in [3.8, 4) is 0 Å². The van der Waals surface area contributed by atoms with E-state index in [1.54, 1.807) is 12.1 Å². The van der Waals surface area contributed by atoms with Crippen molar-refractivity contribution >= 4 is 5.91 Å². The first-order valence-electron chi connectivity index (χ1n) is 6.44. The van der Waals surface area contributed by atoms with Gasteiger partial charge in [-0.2, -0.15) is 0 Å². The van der Waals surface area contributed by atoms with E-state index >= 15 is 0 Å². The highest BCUT2D eigenvalue weighted by Crippen LogP contribution is 2.29. The Morgan fingerprint density at radius 2 is 2.06 bits per heavy atom. The SMILES string of the molecule is CCN1C(=O)CCCC(N)C1c1ccc(F)cc1. The minimum Gasteiger partial charge on any atom is -0.334 e. The molecule has 1 aromatic rings. The Morgan fingerprint density at radius 3 is 2.67 bits per heavy atom. The van der Waals surface area contributed by atoms with Crippen LogP contribution in [0.1, 0.15) is 37.8 Å². The largest absolute Gasteiger partial charge is 0.334 e. The van der Waals surface area contributed by atoms with Crippen molar-refractivity contribution in [2.75, 3.05) is 6.54 Å². The van der Waals surface area contributed by atoms with Crippen LogP contribution < -0.4 is 5.73 Å². The zero-order valence-corrected chi connectivity index (χ0v) is 10.6. The molecule has 2 atom stereocenters. The number of nitrogens with zero attached hydrogens (tertiary/aromatic N) is 1. The monoisotopic (exact) mass is 250 g/mol. The molecule has 1 heterocycles. The topological polar surface area (TPSA) is 46.3 Å². The molecule has 2 N–H and O–H groups in total. The van der Waals surface area contributed by atoms with Crippen LogP contribution in [0.2, 0.25) is 0 Å². The molecule has 1 fully saturated rings. The Hall–Kier alpha value is -1.42. The molecule has 0 radical (unpaired) electrons. The van der Waals surface area contributed by atoms with E-state index in [9.17, 15) is 9.18 Å². The summed E-state index contributed by atoms with van der Waals surface area (Å²) in [5.41, 5.74) is 7.11. The van der Waals surface area contributed by atoms with Crippen molar-refractivity contribution in [1.29, 1.82) is 0 Å². The van der Waals surface area contributed by atoms with Gasteiger partial charge in [0, 0.05) is 19.0 Å². The molecule has 0 saturated carbocycles. The number of hydrogen-bond donors (Lipinski definition) is 1. The fraction of sp³-hybridized carbons (Fsp3) is 0.500. The first kappa shape index (κ1) is 13.0. The van der Waals surface area contributed by atoms with Crippen LogP contribution in [-0.4, -0.2) is 23.4 Å². The minimum absolute atomic E-state index is 0.0816. The van der Waals surface area contributed by atoms with Gasteiger partial charge in [-0.05, 0) is 37.5 Å². The van der Waals surface area contributed by atoms with Gasteiger partial charge in [0.15, 0.2) is 0 Å². The molecular formula is C14H19FN2O. The molecular weight excluding hydrogens is 231 g/mol. The maximum atomic E-state index is 13.0. The van der Waals surface area contributed by atoms with E-state index in [1.165, 1.54) is 12.1 Å². The van der Waals surface area contributed by atoms with Gasteiger partial charge in [0.2, 0.25) is 5.91 Å². The van der Waals surface area contributed by atoms with E-state index in [0.29, 0.717) is 13.0 Å². The van der Waals surface area contributed by atoms with Gasteiger partial charge in [0.25, 0.3) is 0 Å². The van der Waals surface area contributed by atoms with Crippen LogP contribution in [-0.2, 0) is 4.79 Å². The summed E-state index contributed by atoms with van der Waals surface area (Å²) in [5, 5.41) is 0. The molecule has 1 saturated heterocycles. The summed E-state index contributed by atoms with van der Waals surface area (Å²) in [6, 6.07) is 6.08. The van der Waals surface area contributed by atoms with Gasteiger partial charge in [-0.1, -0.05) is 12.1 Å². The maximum Gasteiger partial charge on any atom is 0.223 e. The summed E-state index contributed by atoms with van der Waals surface area (Å²) >= 11 is 0. The molecule has 0 aromatic heterocycles. The van der Waals surface area contributed by atoms with E-state index in [1.807, 2.05) is 11.8 Å². The average Bonchev–Trinajstić information content (AvgIpc) is 2.49. The number of carbonyl (C=O) groups is 1. The van der Waals surface area contributed by atoms with E-state index in [4.69, 9.17) is 5.73 Å². The summed E-state index contributed by atoms with van der Waals surface area (Å²) in [5.74, 6) is -0.130. The Kier molecular flexibility index (Phi) is 3.97. The van der Waals surface area contributed by atoms with E-state index in [2.05, 4.69) is 0 Å². The van der Waals surface area contributed by atoms with Crippen molar-refractivity contribution in [2.24, 2.45) is 5.73 Å². The summed E-state index contributed by atoms with van der Waals surface area (Å²) in [4.78, 5) is 13.8. The summed E-state index contributed by atoms with van der Waals surface area (Å²) in [7, 11) is 0. The Labute approximate surface area is 107 Å². The highest BCUT2D eigenvalue weighted by atomic mass is 19.1. The van der Waals surface area contributed by atoms with Gasteiger partial charge in [0.05, 0.1) is 6.04 Å². The lowest BCUT2D eigenvalue weighted by Crippen LogP contribution is -2.42. The quantitative estimate of drug-likeness (QED) is 0.875. The average molecular weight is 250 g/mol. The van der Waals surface area contributed by atoms with Gasteiger partial charge in [-0.15, -0.1) is 0 Å². The van der Waals surface area contributed by atoms with E-state index < -0.39 is 0 Å². The minimum atomic E-state index is -0.268. The fourth-order valence-electron chi connectivity index (χ4n) is 2.64. The van der Waals surface area contributed by atoms with Gasteiger partial charge < -0.3 is 10.6 Å². The number of likely N-dealkylation sites (tertiary alicyclic amines) is 1. The third-order valence-corrected chi connectivity index (χ3v) is 3.54. The van der Waals surface area contributed by atoms with Crippen molar-refractivity contribution in [3.05, 3.63) is 35.6 Å². The maximum absolute atomic E-state index is 13.0. The second kappa shape index (κ2) is 5.48. The van der Waals surface area contributed by atoms with Gasteiger partial charge in [-0.3, -0.25) is 4.79 Å². The Bertz CT molecular complexity index is 418. The number of hydrogen-bond acceptors (Lipinski definition) is 2. The molecule has 2 rings (SSSR count). The third-order valence-electron chi connectivity index (χ3n) is 3.54. The highest BCUT2D eigenvalue weighted by Gasteiger charge is 2.31. The smallest absolute Gasteiger partial charge is 0.223 e. The Balaban J connectivity index is 2.35. The molecule has 18 heavy (non-hydrogen) atoms. The number of halogens is 1. The number of amides is 1. The number of rotatable bonds is 2. The first-order chi connectivity index (χ1) is 8.63. The molecule has 1 amide bonds. The number of likely N-dealkylation sites (N-methyl/N-ethyl adjacent to an activating group) is 1. The Morgan fingerprint density at radius 1 is 1.39 bits per heavy atom. The van der Waals surface area contributed by atoms with Crippen LogP contribution in [0, 0.1) is 5.82 Å². The lowest BCUT2D eigenvalue weighted by molar-refractivity contribution is -0.133. The third kappa shape index (κ3) is 2.53. The number of nitrogens with two attached hydrogens (primary N) is 1. The molecule has 0 bridgehead atoms. The highest BCUT2D eigenvalue weighted by molar-refractivity contribution is 5.77. The van der Waals surface area contributed by atoms with Crippen LogP contribution in [0.25, 0.3) is 0 Å². The number of benzene rings is 1.